The van der Waals surface area contributed by atoms with Gasteiger partial charge in [0.25, 0.3) is 0 Å². The molecule has 0 amide bonds. The van der Waals surface area contributed by atoms with E-state index < -0.39 is 0 Å². The Morgan fingerprint density at radius 2 is 2.33 bits per heavy atom. The van der Waals surface area contributed by atoms with E-state index in [4.69, 9.17) is 22.4 Å². The number of anilines is 1. The van der Waals surface area contributed by atoms with Gasteiger partial charge in [-0.1, -0.05) is 11.6 Å². The molecule has 0 radical (unpaired) electrons. The highest BCUT2D eigenvalue weighted by Gasteiger charge is 2.00. The van der Waals surface area contributed by atoms with Crippen LogP contribution in [0.2, 0.25) is 5.02 Å². The second-order valence-corrected chi connectivity index (χ2v) is 2.96. The summed E-state index contributed by atoms with van der Waals surface area (Å²) in [6.07, 6.45) is 2.92. The van der Waals surface area contributed by atoms with Gasteiger partial charge in [0.15, 0.2) is 0 Å². The van der Waals surface area contributed by atoms with E-state index in [-0.39, 0.29) is 6.61 Å². The lowest BCUT2D eigenvalue weighted by Gasteiger charge is -2.02. The number of halogens is 1. The Balaban J connectivity index is 2.75. The predicted molar refractivity (Wildman–Crippen MR) is 49.1 cm³/mol. The number of aryl methyl sites for hydroxylation is 1. The molecule has 3 N–H and O–H groups in total. The molecule has 66 valence electrons. The van der Waals surface area contributed by atoms with E-state index in [1.165, 1.54) is 6.20 Å². The van der Waals surface area contributed by atoms with Crippen molar-refractivity contribution in [3.8, 4) is 0 Å². The molecule has 0 aliphatic carbocycles. The van der Waals surface area contributed by atoms with Gasteiger partial charge in [-0.2, -0.15) is 0 Å². The minimum Gasteiger partial charge on any atom is -0.396 e. The number of hydrogen-bond donors (Lipinski definition) is 2. The van der Waals surface area contributed by atoms with Gasteiger partial charge in [0, 0.05) is 12.8 Å². The first-order valence-corrected chi connectivity index (χ1v) is 4.12. The maximum Gasteiger partial charge on any atom is 0.126 e. The van der Waals surface area contributed by atoms with Crippen LogP contribution < -0.4 is 5.73 Å². The summed E-state index contributed by atoms with van der Waals surface area (Å²) in [6.45, 7) is 0.159. The van der Waals surface area contributed by atoms with Crippen molar-refractivity contribution in [3.63, 3.8) is 0 Å². The standard InChI is InChI=1S/C8H11ClN2O/c9-7-4-6(2-1-3-12)8(10)11-5-7/h4-5,12H,1-3H2,(H2,10,11). The minimum atomic E-state index is 0.159. The molecular weight excluding hydrogens is 176 g/mol. The fourth-order valence-electron chi connectivity index (χ4n) is 0.962. The Bertz CT molecular complexity index is 265. The molecule has 0 spiro atoms. The first kappa shape index (κ1) is 9.29. The number of nitrogen functional groups attached to an aromatic ring is 1. The second kappa shape index (κ2) is 4.28. The Kier molecular flexibility index (Phi) is 3.31. The van der Waals surface area contributed by atoms with E-state index in [0.717, 1.165) is 12.0 Å². The van der Waals surface area contributed by atoms with Crippen LogP contribution in [0.5, 0.6) is 0 Å². The molecule has 0 unspecified atom stereocenters. The van der Waals surface area contributed by atoms with Gasteiger partial charge in [-0.05, 0) is 24.5 Å². The molecule has 1 aromatic heterocycles. The summed E-state index contributed by atoms with van der Waals surface area (Å²) in [7, 11) is 0. The zero-order valence-corrected chi connectivity index (χ0v) is 7.38. The molecule has 3 nitrogen and oxygen atoms in total. The molecule has 0 bridgehead atoms. The SMILES string of the molecule is Nc1ncc(Cl)cc1CCCO. The number of nitrogens with zero attached hydrogens (tertiary/aromatic N) is 1. The first-order valence-electron chi connectivity index (χ1n) is 3.75. The van der Waals surface area contributed by atoms with Crippen molar-refractivity contribution in [2.24, 2.45) is 0 Å². The maximum atomic E-state index is 8.59. The van der Waals surface area contributed by atoms with Gasteiger partial charge in [0.2, 0.25) is 0 Å². The summed E-state index contributed by atoms with van der Waals surface area (Å²) in [6, 6.07) is 1.78. The summed E-state index contributed by atoms with van der Waals surface area (Å²) >= 11 is 5.72. The van der Waals surface area contributed by atoms with Gasteiger partial charge in [0.05, 0.1) is 5.02 Å². The van der Waals surface area contributed by atoms with E-state index >= 15 is 0 Å². The molecule has 1 rings (SSSR count). The van der Waals surface area contributed by atoms with Gasteiger partial charge in [-0.3, -0.25) is 0 Å². The molecule has 0 aliphatic rings. The van der Waals surface area contributed by atoms with Crippen LogP contribution in [-0.4, -0.2) is 16.7 Å². The first-order chi connectivity index (χ1) is 5.74. The number of nitrogens with two attached hydrogens (primary N) is 1. The Labute approximate surface area is 76.2 Å². The molecule has 0 atom stereocenters. The van der Waals surface area contributed by atoms with Gasteiger partial charge >= 0.3 is 0 Å². The van der Waals surface area contributed by atoms with Crippen LogP contribution in [0.1, 0.15) is 12.0 Å². The molecule has 0 fully saturated rings. The number of hydrogen-bond acceptors (Lipinski definition) is 3. The third-order valence-electron chi connectivity index (χ3n) is 1.57. The Hall–Kier alpha value is -0.800. The van der Waals surface area contributed by atoms with Crippen LogP contribution in [0, 0.1) is 0 Å². The largest absolute Gasteiger partial charge is 0.396 e. The predicted octanol–water partition coefficient (Wildman–Crippen LogP) is 1.24. The average Bonchev–Trinajstić information content (AvgIpc) is 2.07. The number of rotatable bonds is 3. The van der Waals surface area contributed by atoms with Gasteiger partial charge in [0.1, 0.15) is 5.82 Å². The normalized spacial score (nSPS) is 10.2. The monoisotopic (exact) mass is 186 g/mol. The van der Waals surface area contributed by atoms with E-state index in [1.54, 1.807) is 6.07 Å². The van der Waals surface area contributed by atoms with Crippen molar-refractivity contribution in [2.45, 2.75) is 12.8 Å². The highest BCUT2D eigenvalue weighted by atomic mass is 35.5. The van der Waals surface area contributed by atoms with Crippen LogP contribution in [0.4, 0.5) is 5.82 Å². The van der Waals surface area contributed by atoms with Crippen molar-refractivity contribution < 1.29 is 5.11 Å². The summed E-state index contributed by atoms with van der Waals surface area (Å²) in [5.74, 6) is 0.493. The van der Waals surface area contributed by atoms with Gasteiger partial charge < -0.3 is 10.8 Å². The zero-order chi connectivity index (χ0) is 8.97. The smallest absolute Gasteiger partial charge is 0.126 e. The van der Waals surface area contributed by atoms with E-state index in [0.29, 0.717) is 17.3 Å². The molecular formula is C8H11ClN2O. The minimum absolute atomic E-state index is 0.159. The van der Waals surface area contributed by atoms with Crippen LogP contribution in [0.15, 0.2) is 12.3 Å². The fraction of sp³-hybridized carbons (Fsp3) is 0.375. The van der Waals surface area contributed by atoms with Crippen molar-refractivity contribution >= 4 is 17.4 Å². The van der Waals surface area contributed by atoms with Gasteiger partial charge in [-0.25, -0.2) is 4.98 Å². The summed E-state index contributed by atoms with van der Waals surface area (Å²) in [5, 5.41) is 9.17. The lowest BCUT2D eigenvalue weighted by Crippen LogP contribution is -1.98. The van der Waals surface area contributed by atoms with E-state index in [2.05, 4.69) is 4.98 Å². The van der Waals surface area contributed by atoms with Crippen LogP contribution in [0.25, 0.3) is 0 Å². The summed E-state index contributed by atoms with van der Waals surface area (Å²) < 4.78 is 0. The molecule has 1 heterocycles. The van der Waals surface area contributed by atoms with Crippen molar-refractivity contribution in [1.82, 2.24) is 4.98 Å². The quantitative estimate of drug-likeness (QED) is 0.747. The van der Waals surface area contributed by atoms with Crippen LogP contribution in [0.3, 0.4) is 0 Å². The van der Waals surface area contributed by atoms with Crippen LogP contribution >= 0.6 is 11.6 Å². The molecule has 0 aromatic carbocycles. The fourth-order valence-corrected chi connectivity index (χ4v) is 1.14. The van der Waals surface area contributed by atoms with Gasteiger partial charge in [-0.15, -0.1) is 0 Å². The summed E-state index contributed by atoms with van der Waals surface area (Å²) in [4.78, 5) is 3.90. The third kappa shape index (κ3) is 2.36. The van der Waals surface area contributed by atoms with E-state index in [9.17, 15) is 0 Å². The van der Waals surface area contributed by atoms with Crippen molar-refractivity contribution in [3.05, 3.63) is 22.8 Å². The summed E-state index contributed by atoms with van der Waals surface area (Å²) in [5.41, 5.74) is 6.48. The molecule has 0 aliphatic heterocycles. The lowest BCUT2D eigenvalue weighted by molar-refractivity contribution is 0.288. The Morgan fingerprint density at radius 3 is 3.00 bits per heavy atom. The second-order valence-electron chi connectivity index (χ2n) is 2.53. The molecule has 1 aromatic rings. The lowest BCUT2D eigenvalue weighted by atomic mass is 10.1. The van der Waals surface area contributed by atoms with Crippen LogP contribution in [-0.2, 0) is 6.42 Å². The number of aromatic nitrogens is 1. The topological polar surface area (TPSA) is 59.1 Å². The van der Waals surface area contributed by atoms with Crippen molar-refractivity contribution in [1.29, 1.82) is 0 Å². The number of aliphatic hydroxyl groups is 1. The molecule has 4 heteroatoms. The third-order valence-corrected chi connectivity index (χ3v) is 1.78. The maximum absolute atomic E-state index is 8.59. The number of pyridine rings is 1. The van der Waals surface area contributed by atoms with Crippen molar-refractivity contribution in [2.75, 3.05) is 12.3 Å². The average molecular weight is 187 g/mol. The Morgan fingerprint density at radius 1 is 1.58 bits per heavy atom. The molecule has 0 saturated carbocycles. The molecule has 0 saturated heterocycles. The zero-order valence-electron chi connectivity index (χ0n) is 6.63. The highest BCUT2D eigenvalue weighted by molar-refractivity contribution is 6.30. The number of aliphatic hydroxyl groups excluding tert-OH is 1. The highest BCUT2D eigenvalue weighted by Crippen LogP contribution is 2.15. The van der Waals surface area contributed by atoms with E-state index in [1.807, 2.05) is 0 Å². The molecule has 12 heavy (non-hydrogen) atoms.